The van der Waals surface area contributed by atoms with Crippen molar-refractivity contribution in [2.24, 2.45) is 10.9 Å². The van der Waals surface area contributed by atoms with Gasteiger partial charge < -0.3 is 5.32 Å². The van der Waals surface area contributed by atoms with Crippen molar-refractivity contribution in [2.45, 2.75) is 25.7 Å². The largest absolute Gasteiger partial charge is 0.342 e. The van der Waals surface area contributed by atoms with Crippen LogP contribution in [0.2, 0.25) is 0 Å². The van der Waals surface area contributed by atoms with Crippen LogP contribution in [0.1, 0.15) is 31.2 Å². The number of nitrogens with zero attached hydrogens (tertiary/aromatic N) is 5. The Labute approximate surface area is 184 Å². The van der Waals surface area contributed by atoms with Gasteiger partial charge in [0.2, 0.25) is 0 Å². The first-order valence-electron chi connectivity index (χ1n) is 10.5. The first kappa shape index (κ1) is 19.9. The van der Waals surface area contributed by atoms with Crippen molar-refractivity contribution in [1.29, 1.82) is 5.26 Å². The van der Waals surface area contributed by atoms with Crippen LogP contribution in [0.5, 0.6) is 0 Å². The lowest BCUT2D eigenvalue weighted by Crippen LogP contribution is -2.40. The number of hydrogen-bond acceptors (Lipinski definition) is 7. The van der Waals surface area contributed by atoms with E-state index in [2.05, 4.69) is 27.1 Å². The number of carbonyl (C=O) groups excluding carboxylic acids is 1. The molecule has 0 saturated carbocycles. The van der Waals surface area contributed by atoms with Gasteiger partial charge in [0.25, 0.3) is 0 Å². The fourth-order valence-electron chi connectivity index (χ4n) is 4.36. The Balaban J connectivity index is 1.59. The van der Waals surface area contributed by atoms with E-state index < -0.39 is 5.92 Å². The van der Waals surface area contributed by atoms with Crippen LogP contribution in [0, 0.1) is 17.2 Å². The number of benzene rings is 2. The molecule has 0 spiro atoms. The average molecular weight is 427 g/mol. The number of aliphatic imine (C=N–C) groups is 1. The summed E-state index contributed by atoms with van der Waals surface area (Å²) in [5, 5.41) is 22.5. The van der Waals surface area contributed by atoms with Gasteiger partial charge in [-0.05, 0) is 46.1 Å². The zero-order valence-electron chi connectivity index (χ0n) is 17.4. The summed E-state index contributed by atoms with van der Waals surface area (Å²) in [6.07, 6.45) is 1.50. The number of aromatic nitrogens is 2. The Morgan fingerprint density at radius 1 is 1.25 bits per heavy atom. The smallest absolute Gasteiger partial charge is 0.306 e. The first-order valence-corrected chi connectivity index (χ1v) is 10.5. The minimum Gasteiger partial charge on any atom is -0.306 e. The molecule has 0 bridgehead atoms. The number of urea groups is 1. The van der Waals surface area contributed by atoms with Crippen LogP contribution in [-0.2, 0) is 0 Å². The van der Waals surface area contributed by atoms with E-state index in [-0.39, 0.29) is 11.9 Å². The number of para-hydroxylation sites is 1. The van der Waals surface area contributed by atoms with Crippen LogP contribution in [0.15, 0.2) is 69.5 Å². The van der Waals surface area contributed by atoms with Gasteiger partial charge in [-0.1, -0.05) is 43.7 Å². The molecule has 5 rings (SSSR count). The van der Waals surface area contributed by atoms with Gasteiger partial charge in [0, 0.05) is 23.9 Å². The summed E-state index contributed by atoms with van der Waals surface area (Å²) in [5.74, 6) is -0.242. The van der Waals surface area contributed by atoms with Crippen molar-refractivity contribution in [1.82, 2.24) is 20.7 Å². The van der Waals surface area contributed by atoms with Gasteiger partial charge in [-0.2, -0.15) is 5.26 Å². The number of amides is 2. The molecule has 9 nitrogen and oxygen atoms in total. The molecular weight excluding hydrogens is 406 g/mol. The van der Waals surface area contributed by atoms with E-state index in [0.717, 1.165) is 23.3 Å². The number of fused-ring (bicyclic) bond motifs is 1. The summed E-state index contributed by atoms with van der Waals surface area (Å²) >= 11 is 0. The number of nitriles is 1. The van der Waals surface area contributed by atoms with Gasteiger partial charge in [-0.25, -0.2) is 24.9 Å². The molecule has 2 atom stereocenters. The van der Waals surface area contributed by atoms with Gasteiger partial charge in [0.1, 0.15) is 11.0 Å². The molecule has 32 heavy (non-hydrogen) atoms. The average Bonchev–Trinajstić information content (AvgIpc) is 3.46. The Kier molecular flexibility index (Phi) is 5.13. The first-order chi connectivity index (χ1) is 15.7. The summed E-state index contributed by atoms with van der Waals surface area (Å²) in [7, 11) is 0. The van der Waals surface area contributed by atoms with Crippen LogP contribution in [0.25, 0.3) is 11.0 Å². The van der Waals surface area contributed by atoms with Crippen LogP contribution in [-0.4, -0.2) is 33.6 Å². The SMILES string of the molecule is CCCC1=NC2=C(CNN2C(=O)Nc2ccccc2)C(c2cccc3nonc23)C1C#N. The summed E-state index contributed by atoms with van der Waals surface area (Å²) in [4.78, 5) is 17.8. The topological polar surface area (TPSA) is 119 Å². The Hall–Kier alpha value is -4.03. The summed E-state index contributed by atoms with van der Waals surface area (Å²) in [6.45, 7) is 2.44. The fraction of sp³-hybridized carbons (Fsp3) is 0.261. The van der Waals surface area contributed by atoms with Gasteiger partial charge in [0.05, 0.1) is 12.0 Å². The lowest BCUT2D eigenvalue weighted by molar-refractivity contribution is 0.212. The maximum absolute atomic E-state index is 13.0. The molecule has 2 N–H and O–H groups in total. The molecule has 2 unspecified atom stereocenters. The van der Waals surface area contributed by atoms with Crippen LogP contribution in [0.4, 0.5) is 10.5 Å². The molecule has 2 aromatic carbocycles. The summed E-state index contributed by atoms with van der Waals surface area (Å²) in [5.41, 5.74) is 7.55. The van der Waals surface area contributed by atoms with Gasteiger partial charge in [-0.15, -0.1) is 0 Å². The number of hydrogen-bond donors (Lipinski definition) is 2. The van der Waals surface area contributed by atoms with Gasteiger partial charge in [0.15, 0.2) is 5.82 Å². The van der Waals surface area contributed by atoms with E-state index in [9.17, 15) is 10.1 Å². The third-order valence-corrected chi connectivity index (χ3v) is 5.77. The van der Waals surface area contributed by atoms with Crippen LogP contribution >= 0.6 is 0 Å². The van der Waals surface area contributed by atoms with Crippen LogP contribution in [0.3, 0.4) is 0 Å². The third-order valence-electron chi connectivity index (χ3n) is 5.77. The predicted molar refractivity (Wildman–Crippen MR) is 118 cm³/mol. The molecule has 0 aliphatic carbocycles. The van der Waals surface area contributed by atoms with Crippen molar-refractivity contribution in [3.05, 3.63) is 65.5 Å². The molecule has 9 heteroatoms. The highest BCUT2D eigenvalue weighted by molar-refractivity contribution is 5.96. The highest BCUT2D eigenvalue weighted by atomic mass is 16.6. The molecule has 2 amide bonds. The highest BCUT2D eigenvalue weighted by Crippen LogP contribution is 2.43. The maximum atomic E-state index is 13.0. The van der Waals surface area contributed by atoms with E-state index in [0.29, 0.717) is 35.5 Å². The molecule has 1 aromatic heterocycles. The molecule has 0 radical (unpaired) electrons. The molecule has 2 aliphatic rings. The summed E-state index contributed by atoms with van der Waals surface area (Å²) in [6, 6.07) is 17.0. The molecule has 0 saturated heterocycles. The second kappa shape index (κ2) is 8.24. The number of nitrogens with one attached hydrogen (secondary N) is 2. The lowest BCUT2D eigenvalue weighted by atomic mass is 9.75. The normalized spacial score (nSPS) is 20.1. The predicted octanol–water partition coefficient (Wildman–Crippen LogP) is 3.96. The quantitative estimate of drug-likeness (QED) is 0.650. The molecule has 3 heterocycles. The number of hydrazine groups is 1. The van der Waals surface area contributed by atoms with E-state index in [1.807, 2.05) is 55.5 Å². The number of rotatable bonds is 4. The number of carbonyl (C=O) groups is 1. The van der Waals surface area contributed by atoms with Gasteiger partial charge in [-0.3, -0.25) is 0 Å². The second-order valence-corrected chi connectivity index (χ2v) is 7.73. The second-order valence-electron chi connectivity index (χ2n) is 7.73. The number of anilines is 1. The van der Waals surface area contributed by atoms with E-state index in [1.165, 1.54) is 5.01 Å². The zero-order valence-corrected chi connectivity index (χ0v) is 17.4. The Bertz CT molecular complexity index is 1270. The molecule has 3 aromatic rings. The molecule has 0 fully saturated rings. The van der Waals surface area contributed by atoms with E-state index >= 15 is 0 Å². The van der Waals surface area contributed by atoms with Crippen molar-refractivity contribution in [3.8, 4) is 6.07 Å². The van der Waals surface area contributed by atoms with Crippen molar-refractivity contribution in [3.63, 3.8) is 0 Å². The molecule has 160 valence electrons. The van der Waals surface area contributed by atoms with Crippen molar-refractivity contribution >= 4 is 28.5 Å². The molecule has 2 aliphatic heterocycles. The zero-order chi connectivity index (χ0) is 22.1. The maximum Gasteiger partial charge on any atom is 0.342 e. The Morgan fingerprint density at radius 2 is 2.09 bits per heavy atom. The molecular formula is C23H21N7O2. The van der Waals surface area contributed by atoms with E-state index in [4.69, 9.17) is 9.62 Å². The van der Waals surface area contributed by atoms with Crippen molar-refractivity contribution < 1.29 is 9.42 Å². The third kappa shape index (κ3) is 3.31. The summed E-state index contributed by atoms with van der Waals surface area (Å²) < 4.78 is 4.96. The Morgan fingerprint density at radius 3 is 2.88 bits per heavy atom. The lowest BCUT2D eigenvalue weighted by Gasteiger charge is -2.29. The van der Waals surface area contributed by atoms with Gasteiger partial charge >= 0.3 is 6.03 Å². The van der Waals surface area contributed by atoms with Crippen molar-refractivity contribution in [2.75, 3.05) is 11.9 Å². The fourth-order valence-corrected chi connectivity index (χ4v) is 4.36. The van der Waals surface area contributed by atoms with E-state index in [1.54, 1.807) is 0 Å². The monoisotopic (exact) mass is 427 g/mol. The highest BCUT2D eigenvalue weighted by Gasteiger charge is 2.42. The minimum absolute atomic E-state index is 0.313. The standard InChI is InChI=1S/C23H21N7O2/c1-2-7-18-16(12-24)20(15-10-6-11-19-21(15)29-32-28-19)17-13-25-30(22(17)27-18)23(31)26-14-8-4-3-5-9-14/h3-6,8-11,16,20,25H,2,7,13H2,1H3,(H,26,31). The van der Waals surface area contributed by atoms with Crippen LogP contribution < -0.4 is 10.7 Å². The minimum atomic E-state index is -0.463.